The maximum Gasteiger partial charge on any atom is 0.126 e. The molecular formula is C16H20N4O. The molecule has 0 saturated heterocycles. The first kappa shape index (κ1) is 13.8. The fourth-order valence-corrected chi connectivity index (χ4v) is 2.42. The third kappa shape index (κ3) is 2.97. The Labute approximate surface area is 123 Å². The fourth-order valence-electron chi connectivity index (χ4n) is 2.42. The number of para-hydroxylation sites is 1. The predicted octanol–water partition coefficient (Wildman–Crippen LogP) is 2.88. The maximum absolute atomic E-state index is 5.84. The van der Waals surface area contributed by atoms with Crippen LogP contribution in [0.1, 0.15) is 30.4 Å². The van der Waals surface area contributed by atoms with E-state index in [-0.39, 0.29) is 0 Å². The summed E-state index contributed by atoms with van der Waals surface area (Å²) in [5.74, 6) is 1.88. The van der Waals surface area contributed by atoms with Gasteiger partial charge >= 0.3 is 0 Å². The van der Waals surface area contributed by atoms with E-state index < -0.39 is 0 Å². The Balaban J connectivity index is 1.77. The lowest BCUT2D eigenvalue weighted by molar-refractivity contribution is 0.456. The molecule has 0 saturated carbocycles. The van der Waals surface area contributed by atoms with Crippen LogP contribution in [-0.2, 0) is 13.1 Å². The zero-order valence-electron chi connectivity index (χ0n) is 12.5. The van der Waals surface area contributed by atoms with E-state index in [1.807, 2.05) is 35.9 Å². The highest BCUT2D eigenvalue weighted by Gasteiger charge is 2.10. The van der Waals surface area contributed by atoms with E-state index in [0.717, 1.165) is 42.1 Å². The molecule has 0 bridgehead atoms. The first-order valence-corrected chi connectivity index (χ1v) is 7.35. The predicted molar refractivity (Wildman–Crippen MR) is 82.1 cm³/mol. The van der Waals surface area contributed by atoms with E-state index in [0.29, 0.717) is 6.54 Å². The van der Waals surface area contributed by atoms with Gasteiger partial charge in [0.2, 0.25) is 0 Å². The number of fused-ring (bicyclic) bond motifs is 1. The normalized spacial score (nSPS) is 11.3. The van der Waals surface area contributed by atoms with E-state index in [2.05, 4.69) is 28.6 Å². The molecule has 0 unspecified atom stereocenters. The minimum absolute atomic E-state index is 0.606. The number of aromatic nitrogens is 3. The zero-order chi connectivity index (χ0) is 14.7. The standard InChI is InChI=1S/C16H20N4O/c1-3-8-17-10-13-9-14(21-12(13)2)11-20-16-7-5-4-6-15(16)18-19-20/h4-7,9,17H,3,8,10-11H2,1-2H3. The molecule has 0 aliphatic rings. The van der Waals surface area contributed by atoms with E-state index in [4.69, 9.17) is 4.42 Å². The van der Waals surface area contributed by atoms with Crippen molar-refractivity contribution in [3.63, 3.8) is 0 Å². The van der Waals surface area contributed by atoms with Gasteiger partial charge in [-0.15, -0.1) is 5.10 Å². The van der Waals surface area contributed by atoms with Crippen molar-refractivity contribution in [2.24, 2.45) is 0 Å². The van der Waals surface area contributed by atoms with Crippen LogP contribution in [-0.4, -0.2) is 21.5 Å². The van der Waals surface area contributed by atoms with Gasteiger partial charge in [-0.05, 0) is 38.1 Å². The summed E-state index contributed by atoms with van der Waals surface area (Å²) in [6.07, 6.45) is 1.13. The number of nitrogens with zero attached hydrogens (tertiary/aromatic N) is 3. The van der Waals surface area contributed by atoms with Gasteiger partial charge in [0.05, 0.1) is 5.52 Å². The van der Waals surface area contributed by atoms with Gasteiger partial charge in [-0.25, -0.2) is 4.68 Å². The molecule has 0 aliphatic heterocycles. The van der Waals surface area contributed by atoms with Gasteiger partial charge in [0.25, 0.3) is 0 Å². The molecule has 3 aromatic rings. The second-order valence-corrected chi connectivity index (χ2v) is 5.21. The second kappa shape index (κ2) is 6.10. The van der Waals surface area contributed by atoms with Crippen molar-refractivity contribution < 1.29 is 4.42 Å². The van der Waals surface area contributed by atoms with Gasteiger partial charge in [-0.1, -0.05) is 24.3 Å². The van der Waals surface area contributed by atoms with Crippen LogP contribution < -0.4 is 5.32 Å². The Morgan fingerprint density at radius 2 is 2.14 bits per heavy atom. The van der Waals surface area contributed by atoms with Crippen molar-refractivity contribution in [1.29, 1.82) is 0 Å². The quantitative estimate of drug-likeness (QED) is 0.707. The van der Waals surface area contributed by atoms with Crippen molar-refractivity contribution in [2.45, 2.75) is 33.4 Å². The van der Waals surface area contributed by atoms with Crippen molar-refractivity contribution in [2.75, 3.05) is 6.54 Å². The first-order valence-electron chi connectivity index (χ1n) is 7.35. The molecule has 0 atom stereocenters. The summed E-state index contributed by atoms with van der Waals surface area (Å²) in [6, 6.07) is 10.1. The lowest BCUT2D eigenvalue weighted by Crippen LogP contribution is -2.13. The van der Waals surface area contributed by atoms with Gasteiger partial charge in [0.15, 0.2) is 0 Å². The molecule has 0 amide bonds. The number of aryl methyl sites for hydroxylation is 1. The molecule has 0 spiro atoms. The molecule has 21 heavy (non-hydrogen) atoms. The van der Waals surface area contributed by atoms with Gasteiger partial charge in [-0.2, -0.15) is 0 Å². The summed E-state index contributed by atoms with van der Waals surface area (Å²) in [5, 5.41) is 11.8. The summed E-state index contributed by atoms with van der Waals surface area (Å²) >= 11 is 0. The molecule has 0 radical (unpaired) electrons. The third-order valence-electron chi connectivity index (χ3n) is 3.54. The number of hydrogen-bond donors (Lipinski definition) is 1. The van der Waals surface area contributed by atoms with Crippen molar-refractivity contribution in [1.82, 2.24) is 20.3 Å². The summed E-state index contributed by atoms with van der Waals surface area (Å²) in [4.78, 5) is 0. The van der Waals surface area contributed by atoms with Crippen LogP contribution in [0.25, 0.3) is 11.0 Å². The van der Waals surface area contributed by atoms with Gasteiger partial charge in [0, 0.05) is 12.1 Å². The minimum atomic E-state index is 0.606. The summed E-state index contributed by atoms with van der Waals surface area (Å²) < 4.78 is 7.71. The maximum atomic E-state index is 5.84. The van der Waals surface area contributed by atoms with Crippen LogP contribution >= 0.6 is 0 Å². The van der Waals surface area contributed by atoms with Gasteiger partial charge in [0.1, 0.15) is 23.6 Å². The summed E-state index contributed by atoms with van der Waals surface area (Å²) in [7, 11) is 0. The average molecular weight is 284 g/mol. The van der Waals surface area contributed by atoms with E-state index >= 15 is 0 Å². The molecule has 2 aromatic heterocycles. The molecular weight excluding hydrogens is 264 g/mol. The smallest absolute Gasteiger partial charge is 0.126 e. The lowest BCUT2D eigenvalue weighted by Gasteiger charge is -1.99. The Bertz CT molecular complexity index is 729. The van der Waals surface area contributed by atoms with Crippen LogP contribution in [0.3, 0.4) is 0 Å². The Morgan fingerprint density at radius 3 is 3.00 bits per heavy atom. The number of rotatable bonds is 6. The Morgan fingerprint density at radius 1 is 1.29 bits per heavy atom. The highest BCUT2D eigenvalue weighted by atomic mass is 16.3. The largest absolute Gasteiger partial charge is 0.464 e. The molecule has 2 heterocycles. The summed E-state index contributed by atoms with van der Waals surface area (Å²) in [6.45, 7) is 6.65. The molecule has 3 rings (SSSR count). The van der Waals surface area contributed by atoms with Crippen LogP contribution in [0, 0.1) is 6.92 Å². The van der Waals surface area contributed by atoms with Gasteiger partial charge in [-0.3, -0.25) is 0 Å². The Hall–Kier alpha value is -2.14. The molecule has 5 nitrogen and oxygen atoms in total. The number of benzene rings is 1. The number of furan rings is 1. The van der Waals surface area contributed by atoms with Crippen LogP contribution in [0.2, 0.25) is 0 Å². The van der Waals surface area contributed by atoms with E-state index in [9.17, 15) is 0 Å². The average Bonchev–Trinajstić information content (AvgIpc) is 3.05. The van der Waals surface area contributed by atoms with Crippen LogP contribution in [0.15, 0.2) is 34.7 Å². The number of nitrogens with one attached hydrogen (secondary N) is 1. The topological polar surface area (TPSA) is 55.9 Å². The van der Waals surface area contributed by atoms with Crippen molar-refractivity contribution in [3.8, 4) is 0 Å². The second-order valence-electron chi connectivity index (χ2n) is 5.21. The highest BCUT2D eigenvalue weighted by Crippen LogP contribution is 2.17. The van der Waals surface area contributed by atoms with E-state index in [1.54, 1.807) is 0 Å². The molecule has 5 heteroatoms. The highest BCUT2D eigenvalue weighted by molar-refractivity contribution is 5.73. The molecule has 0 fully saturated rings. The zero-order valence-corrected chi connectivity index (χ0v) is 12.5. The van der Waals surface area contributed by atoms with E-state index in [1.165, 1.54) is 5.56 Å². The lowest BCUT2D eigenvalue weighted by atomic mass is 10.2. The SMILES string of the molecule is CCCNCc1cc(Cn2nnc3ccccc32)oc1C. The van der Waals surface area contributed by atoms with Crippen LogP contribution in [0.4, 0.5) is 0 Å². The Kier molecular flexibility index (Phi) is 4.01. The van der Waals surface area contributed by atoms with Gasteiger partial charge < -0.3 is 9.73 Å². The van der Waals surface area contributed by atoms with Crippen molar-refractivity contribution in [3.05, 3.63) is 47.4 Å². The third-order valence-corrected chi connectivity index (χ3v) is 3.54. The summed E-state index contributed by atoms with van der Waals surface area (Å²) in [5.41, 5.74) is 3.14. The monoisotopic (exact) mass is 284 g/mol. The molecule has 1 aromatic carbocycles. The molecule has 110 valence electrons. The minimum Gasteiger partial charge on any atom is -0.464 e. The molecule has 0 aliphatic carbocycles. The van der Waals surface area contributed by atoms with Crippen LogP contribution in [0.5, 0.6) is 0 Å². The fraction of sp³-hybridized carbons (Fsp3) is 0.375. The van der Waals surface area contributed by atoms with Crippen molar-refractivity contribution >= 4 is 11.0 Å². The number of hydrogen-bond acceptors (Lipinski definition) is 4. The molecule has 1 N–H and O–H groups in total. The first-order chi connectivity index (χ1) is 10.3.